The van der Waals surface area contributed by atoms with Crippen LogP contribution in [0.15, 0.2) is 43.1 Å². The largest absolute Gasteiger partial charge is 0.474 e. The number of halogens is 3. The van der Waals surface area contributed by atoms with Gasteiger partial charge in [0, 0.05) is 61.1 Å². The molecule has 44 heavy (non-hydrogen) atoms. The average molecular weight is 610 g/mol. The Hall–Kier alpha value is -4.06. The number of piperidine rings is 1. The van der Waals surface area contributed by atoms with E-state index in [0.717, 1.165) is 54.3 Å². The molecule has 4 aromatic heterocycles. The van der Waals surface area contributed by atoms with Crippen molar-refractivity contribution in [3.05, 3.63) is 54.4 Å². The second-order valence-electron chi connectivity index (χ2n) is 11.8. The molecular weight excluding hydrogens is 575 g/mol. The summed E-state index contributed by atoms with van der Waals surface area (Å²) in [5, 5.41) is 27.4. The maximum absolute atomic E-state index is 13.5. The van der Waals surface area contributed by atoms with Crippen molar-refractivity contribution < 1.29 is 23.0 Å². The van der Waals surface area contributed by atoms with Crippen molar-refractivity contribution in [2.45, 2.75) is 75.5 Å². The lowest BCUT2D eigenvalue weighted by Crippen LogP contribution is -2.58. The summed E-state index contributed by atoms with van der Waals surface area (Å²) in [7, 11) is 0. The van der Waals surface area contributed by atoms with Crippen LogP contribution in [-0.2, 0) is 18.3 Å². The number of nitriles is 1. The van der Waals surface area contributed by atoms with Gasteiger partial charge in [0.25, 0.3) is 0 Å². The molecule has 3 N–H and O–H groups in total. The lowest BCUT2D eigenvalue weighted by atomic mass is 9.69. The molecule has 6 rings (SSSR count). The van der Waals surface area contributed by atoms with Crippen LogP contribution >= 0.6 is 0 Å². The number of rotatable bonds is 10. The molecule has 0 radical (unpaired) electrons. The molecule has 11 nitrogen and oxygen atoms in total. The molecule has 1 aliphatic heterocycles. The van der Waals surface area contributed by atoms with E-state index in [2.05, 4.69) is 41.3 Å². The summed E-state index contributed by atoms with van der Waals surface area (Å²) in [6.07, 6.45) is 5.41. The molecule has 2 fully saturated rings. The van der Waals surface area contributed by atoms with Gasteiger partial charge in [-0.1, -0.05) is 0 Å². The minimum atomic E-state index is -4.60. The van der Waals surface area contributed by atoms with Crippen molar-refractivity contribution in [1.82, 2.24) is 39.9 Å². The van der Waals surface area contributed by atoms with E-state index < -0.39 is 17.4 Å². The SMILES string of the molecule is C[C@H](CO)NCc1cc(OC2CCN([C@H]3C[C@](CC#N)(n4cc(-c5ncnc6[nH]ccc56)cn4)C3)CC2)nc(C(F)(F)F)c1. The van der Waals surface area contributed by atoms with Gasteiger partial charge in [-0.25, -0.2) is 15.0 Å². The third-order valence-corrected chi connectivity index (χ3v) is 8.70. The van der Waals surface area contributed by atoms with E-state index in [4.69, 9.17) is 4.74 Å². The molecule has 0 spiro atoms. The summed E-state index contributed by atoms with van der Waals surface area (Å²) in [4.78, 5) is 17.9. The normalized spacial score (nSPS) is 22.0. The van der Waals surface area contributed by atoms with Crippen molar-refractivity contribution >= 4 is 11.0 Å². The molecule has 4 aromatic rings. The standard InChI is InChI=1S/C30H34F3N9O2/c1-19(17-43)36-14-20-10-25(30(31,32)33)40-26(11-20)44-23-3-8-41(9-4-23)22-12-29(13-22,5-6-34)42-16-21(15-39-42)27-24-2-7-35-28(24)38-18-37-27/h2,7,10-11,15-16,18-19,22-23,36,43H,3-5,8-9,12-14,17H2,1H3,(H,35,37,38)/t19-,22-,29-/m1/s1. The predicted octanol–water partition coefficient (Wildman–Crippen LogP) is 4.02. The number of aliphatic hydroxyl groups is 1. The number of pyridine rings is 1. The Morgan fingerprint density at radius 2 is 2.05 bits per heavy atom. The van der Waals surface area contributed by atoms with Crippen LogP contribution in [0, 0.1) is 11.3 Å². The van der Waals surface area contributed by atoms with Crippen molar-refractivity contribution in [2.24, 2.45) is 0 Å². The monoisotopic (exact) mass is 609 g/mol. The Balaban J connectivity index is 1.08. The summed E-state index contributed by atoms with van der Waals surface area (Å²) in [5.41, 5.74) is 1.38. The van der Waals surface area contributed by atoms with E-state index in [1.54, 1.807) is 13.1 Å². The number of alkyl halides is 3. The third-order valence-electron chi connectivity index (χ3n) is 8.70. The highest BCUT2D eigenvalue weighted by Crippen LogP contribution is 2.45. The van der Waals surface area contributed by atoms with Gasteiger partial charge in [0.2, 0.25) is 5.88 Å². The number of nitrogens with zero attached hydrogens (tertiary/aromatic N) is 7. The number of aromatic amines is 1. The first-order chi connectivity index (χ1) is 21.2. The molecule has 0 bridgehead atoms. The van der Waals surface area contributed by atoms with E-state index in [1.807, 2.05) is 23.1 Å². The van der Waals surface area contributed by atoms with Crippen molar-refractivity contribution in [1.29, 1.82) is 5.26 Å². The van der Waals surface area contributed by atoms with E-state index in [-0.39, 0.29) is 37.2 Å². The minimum Gasteiger partial charge on any atom is -0.474 e. The second kappa shape index (κ2) is 12.1. The average Bonchev–Trinajstić information content (AvgIpc) is 3.68. The zero-order valence-electron chi connectivity index (χ0n) is 24.3. The topological polar surface area (TPSA) is 141 Å². The maximum Gasteiger partial charge on any atom is 0.433 e. The number of likely N-dealkylation sites (tertiary alicyclic amines) is 1. The fourth-order valence-electron chi connectivity index (χ4n) is 6.20. The summed E-state index contributed by atoms with van der Waals surface area (Å²) in [6.45, 7) is 3.24. The second-order valence-corrected chi connectivity index (χ2v) is 11.8. The molecule has 14 heteroatoms. The van der Waals surface area contributed by atoms with Gasteiger partial charge in [-0.3, -0.25) is 9.58 Å². The zero-order chi connectivity index (χ0) is 30.9. The lowest BCUT2D eigenvalue weighted by Gasteiger charge is -2.52. The quantitative estimate of drug-likeness (QED) is 0.243. The van der Waals surface area contributed by atoms with Crippen LogP contribution in [-0.4, -0.2) is 77.6 Å². The van der Waals surface area contributed by atoms with Gasteiger partial charge in [-0.2, -0.15) is 23.5 Å². The molecule has 2 aliphatic rings. The smallest absolute Gasteiger partial charge is 0.433 e. The number of ether oxygens (including phenoxy) is 1. The lowest BCUT2D eigenvalue weighted by molar-refractivity contribution is -0.141. The molecule has 0 amide bonds. The number of hydrogen-bond acceptors (Lipinski definition) is 9. The fraction of sp³-hybridized carbons (Fsp3) is 0.500. The van der Waals surface area contributed by atoms with Gasteiger partial charge in [0.1, 0.15) is 23.8 Å². The van der Waals surface area contributed by atoms with Crippen molar-refractivity contribution in [3.8, 4) is 23.2 Å². The first-order valence-corrected chi connectivity index (χ1v) is 14.7. The van der Waals surface area contributed by atoms with E-state index in [0.29, 0.717) is 24.8 Å². The van der Waals surface area contributed by atoms with Crippen LogP contribution in [0.3, 0.4) is 0 Å². The number of H-pyrrole nitrogens is 1. The molecular formula is C30H34F3N9O2. The number of aromatic nitrogens is 6. The summed E-state index contributed by atoms with van der Waals surface area (Å²) in [6, 6.07) is 6.82. The van der Waals surface area contributed by atoms with Crippen LogP contribution < -0.4 is 10.1 Å². The van der Waals surface area contributed by atoms with E-state index >= 15 is 0 Å². The Labute approximate surface area is 252 Å². The Morgan fingerprint density at radius 1 is 1.25 bits per heavy atom. The van der Waals surface area contributed by atoms with Gasteiger partial charge in [-0.05, 0) is 50.3 Å². The summed E-state index contributed by atoms with van der Waals surface area (Å²) < 4.78 is 48.5. The van der Waals surface area contributed by atoms with Gasteiger partial charge in [0.15, 0.2) is 0 Å². The van der Waals surface area contributed by atoms with Crippen LogP contribution in [0.1, 0.15) is 50.3 Å². The van der Waals surface area contributed by atoms with E-state index in [9.17, 15) is 23.5 Å². The Bertz CT molecular complexity index is 1630. The minimum absolute atomic E-state index is 0.0431. The number of fused-ring (bicyclic) bond motifs is 1. The van der Waals surface area contributed by atoms with Crippen LogP contribution in [0.5, 0.6) is 5.88 Å². The highest BCUT2D eigenvalue weighted by atomic mass is 19.4. The highest BCUT2D eigenvalue weighted by molar-refractivity contribution is 5.90. The zero-order valence-corrected chi connectivity index (χ0v) is 24.3. The maximum atomic E-state index is 13.5. The van der Waals surface area contributed by atoms with Crippen molar-refractivity contribution in [3.63, 3.8) is 0 Å². The Kier molecular flexibility index (Phi) is 8.28. The van der Waals surface area contributed by atoms with Crippen LogP contribution in [0.2, 0.25) is 0 Å². The van der Waals surface area contributed by atoms with Gasteiger partial charge >= 0.3 is 6.18 Å². The number of aliphatic hydroxyl groups excluding tert-OH is 1. The third kappa shape index (κ3) is 6.12. The molecule has 232 valence electrons. The summed E-state index contributed by atoms with van der Waals surface area (Å²) >= 11 is 0. The van der Waals surface area contributed by atoms with Crippen molar-refractivity contribution in [2.75, 3.05) is 19.7 Å². The molecule has 5 heterocycles. The fourth-order valence-corrected chi connectivity index (χ4v) is 6.20. The van der Waals surface area contributed by atoms with Gasteiger partial charge < -0.3 is 20.1 Å². The molecule has 0 unspecified atom stereocenters. The predicted molar refractivity (Wildman–Crippen MR) is 154 cm³/mol. The number of nitrogens with one attached hydrogen (secondary N) is 2. The summed E-state index contributed by atoms with van der Waals surface area (Å²) in [5.74, 6) is -0.0431. The first kappa shape index (κ1) is 30.0. The molecule has 1 saturated heterocycles. The van der Waals surface area contributed by atoms with Gasteiger partial charge in [0.05, 0.1) is 36.5 Å². The first-order valence-electron chi connectivity index (χ1n) is 14.7. The number of hydrogen-bond donors (Lipinski definition) is 3. The Morgan fingerprint density at radius 3 is 2.77 bits per heavy atom. The molecule has 1 aliphatic carbocycles. The van der Waals surface area contributed by atoms with Gasteiger partial charge in [-0.15, -0.1) is 0 Å². The highest BCUT2D eigenvalue weighted by Gasteiger charge is 2.49. The molecule has 0 aromatic carbocycles. The van der Waals surface area contributed by atoms with Crippen LogP contribution in [0.25, 0.3) is 22.3 Å². The van der Waals surface area contributed by atoms with Crippen LogP contribution in [0.4, 0.5) is 13.2 Å². The van der Waals surface area contributed by atoms with E-state index in [1.165, 1.54) is 12.4 Å². The molecule has 1 atom stereocenters. The molecule has 1 saturated carbocycles.